The van der Waals surface area contributed by atoms with Gasteiger partial charge in [-0.3, -0.25) is 9.59 Å². The molecule has 27 heavy (non-hydrogen) atoms. The molecule has 0 saturated carbocycles. The number of methoxy groups -OCH3 is 1. The summed E-state index contributed by atoms with van der Waals surface area (Å²) < 4.78 is 13.8. The molecule has 1 aliphatic heterocycles. The summed E-state index contributed by atoms with van der Waals surface area (Å²) in [5.74, 6) is 0.100. The van der Waals surface area contributed by atoms with E-state index >= 15 is 0 Å². The predicted octanol–water partition coefficient (Wildman–Crippen LogP) is 5.24. The summed E-state index contributed by atoms with van der Waals surface area (Å²) in [6, 6.07) is 1.59. The Bertz CT molecular complexity index is 766. The molecule has 152 valence electrons. The number of hydrogen-bond acceptors (Lipinski definition) is 4. The van der Waals surface area contributed by atoms with Gasteiger partial charge >= 0.3 is 0 Å². The third kappa shape index (κ3) is 4.40. The lowest BCUT2D eigenvalue weighted by Gasteiger charge is -2.37. The lowest BCUT2D eigenvalue weighted by molar-refractivity contribution is 0.0963. The first-order valence-corrected chi connectivity index (χ1v) is 13.4. The number of carbonyl (C=O) groups is 1. The fraction of sp³-hybridized carbons (Fsp3) is 0.700. The van der Waals surface area contributed by atoms with Crippen LogP contribution in [-0.4, -0.2) is 32.4 Å². The number of halogens is 1. The van der Waals surface area contributed by atoms with Crippen LogP contribution in [0.3, 0.4) is 0 Å². The van der Waals surface area contributed by atoms with E-state index in [9.17, 15) is 9.59 Å². The third-order valence-corrected chi connectivity index (χ3v) is 11.1. The predicted molar refractivity (Wildman–Crippen MR) is 115 cm³/mol. The number of nitrogens with zero attached hydrogens (tertiary/aromatic N) is 1. The van der Waals surface area contributed by atoms with Crippen molar-refractivity contribution < 1.29 is 14.0 Å². The van der Waals surface area contributed by atoms with Crippen LogP contribution in [0.2, 0.25) is 18.1 Å². The van der Waals surface area contributed by atoms with Crippen LogP contribution in [0, 0.1) is 0 Å². The van der Waals surface area contributed by atoms with E-state index < -0.39 is 8.32 Å². The number of ketones is 1. The van der Waals surface area contributed by atoms with Crippen molar-refractivity contribution in [2.24, 2.45) is 0 Å². The number of Topliss-reactive ketones (excluding diaryl/α,β-unsaturated/α-hetero) is 1. The standard InChI is InChI=1S/C20H32BrNO4Si/c1-8-9-16(23)18-19(25-5)17(24)11-15-14(21)10-13(22(15)18)12-26-27(6,7)20(2,3)4/h11,13-14H,8-10,12H2,1-7H3/t13-,14-/m0/s1. The van der Waals surface area contributed by atoms with Crippen molar-refractivity contribution in [1.29, 1.82) is 0 Å². The summed E-state index contributed by atoms with van der Waals surface area (Å²) >= 11 is 3.68. The van der Waals surface area contributed by atoms with Gasteiger partial charge in [0.15, 0.2) is 19.9 Å². The van der Waals surface area contributed by atoms with Crippen LogP contribution in [0.25, 0.3) is 0 Å². The molecule has 1 aliphatic rings. The number of carbonyl (C=O) groups excluding carboxylic acids is 1. The second-order valence-corrected chi connectivity index (χ2v) is 14.7. The molecule has 0 spiro atoms. The van der Waals surface area contributed by atoms with Gasteiger partial charge in [0.1, 0.15) is 5.69 Å². The largest absolute Gasteiger partial charge is 0.491 e. The lowest BCUT2D eigenvalue weighted by atomic mass is 10.1. The normalized spacial score (nSPS) is 19.9. The Morgan fingerprint density at radius 1 is 1.37 bits per heavy atom. The molecule has 0 radical (unpaired) electrons. The maximum atomic E-state index is 12.9. The van der Waals surface area contributed by atoms with Gasteiger partial charge in [0.25, 0.3) is 0 Å². The Morgan fingerprint density at radius 3 is 2.52 bits per heavy atom. The topological polar surface area (TPSA) is 57.5 Å². The van der Waals surface area contributed by atoms with E-state index in [4.69, 9.17) is 9.16 Å². The van der Waals surface area contributed by atoms with E-state index in [2.05, 4.69) is 49.8 Å². The minimum atomic E-state index is -1.91. The quantitative estimate of drug-likeness (QED) is 0.319. The van der Waals surface area contributed by atoms with Crippen LogP contribution in [0.1, 0.15) is 74.0 Å². The number of alkyl halides is 1. The Morgan fingerprint density at radius 2 is 2.00 bits per heavy atom. The molecule has 0 fully saturated rings. The van der Waals surface area contributed by atoms with Crippen LogP contribution >= 0.6 is 15.9 Å². The average Bonchev–Trinajstić information content (AvgIpc) is 2.86. The van der Waals surface area contributed by atoms with Gasteiger partial charge < -0.3 is 13.7 Å². The van der Waals surface area contributed by atoms with Crippen LogP contribution in [0.15, 0.2) is 10.9 Å². The molecule has 0 unspecified atom stereocenters. The van der Waals surface area contributed by atoms with Gasteiger partial charge in [-0.15, -0.1) is 0 Å². The summed E-state index contributed by atoms with van der Waals surface area (Å²) in [6.45, 7) is 13.6. The molecule has 7 heteroatoms. The molecule has 1 aromatic heterocycles. The molecule has 2 atom stereocenters. The third-order valence-electron chi connectivity index (χ3n) is 5.79. The molecule has 2 heterocycles. The number of fused-ring (bicyclic) bond motifs is 1. The van der Waals surface area contributed by atoms with E-state index in [1.807, 2.05) is 11.5 Å². The molecule has 1 aromatic rings. The van der Waals surface area contributed by atoms with E-state index in [-0.39, 0.29) is 32.9 Å². The van der Waals surface area contributed by atoms with Crippen molar-refractivity contribution in [2.45, 2.75) is 76.0 Å². The Hall–Kier alpha value is -0.923. The zero-order valence-corrected chi connectivity index (χ0v) is 20.1. The fourth-order valence-electron chi connectivity index (χ4n) is 3.19. The zero-order chi connectivity index (χ0) is 20.6. The van der Waals surface area contributed by atoms with Gasteiger partial charge in [-0.25, -0.2) is 0 Å². The van der Waals surface area contributed by atoms with Crippen LogP contribution in [-0.2, 0) is 4.43 Å². The van der Waals surface area contributed by atoms with Gasteiger partial charge in [0.05, 0.1) is 24.6 Å². The SMILES string of the molecule is CCCC(=O)c1c(OC)c(=O)cc2n1[C@H](CO[Si](C)(C)C(C)(C)C)C[C@@H]2Br. The van der Waals surface area contributed by atoms with E-state index in [1.54, 1.807) is 6.07 Å². The summed E-state index contributed by atoms with van der Waals surface area (Å²) in [7, 11) is -0.462. The molecule has 0 aliphatic carbocycles. The first-order chi connectivity index (χ1) is 12.4. The number of ether oxygens (including phenoxy) is 1. The molecule has 0 bridgehead atoms. The van der Waals surface area contributed by atoms with Crippen LogP contribution in [0.4, 0.5) is 0 Å². The van der Waals surface area contributed by atoms with Crippen LogP contribution < -0.4 is 10.2 Å². The monoisotopic (exact) mass is 457 g/mol. The van der Waals surface area contributed by atoms with Gasteiger partial charge in [0.2, 0.25) is 5.43 Å². The van der Waals surface area contributed by atoms with Crippen molar-refractivity contribution in [1.82, 2.24) is 4.57 Å². The smallest absolute Gasteiger partial charge is 0.224 e. The number of aromatic nitrogens is 1. The number of hydrogen-bond donors (Lipinski definition) is 0. The molecule has 0 amide bonds. The summed E-state index contributed by atoms with van der Waals surface area (Å²) in [6.07, 6.45) is 1.90. The van der Waals surface area contributed by atoms with Crippen LogP contribution in [0.5, 0.6) is 5.75 Å². The van der Waals surface area contributed by atoms with Crippen molar-refractivity contribution in [2.75, 3.05) is 13.7 Å². The first-order valence-electron chi connectivity index (χ1n) is 9.59. The van der Waals surface area contributed by atoms with E-state index in [0.717, 1.165) is 18.5 Å². The maximum absolute atomic E-state index is 12.9. The van der Waals surface area contributed by atoms with Crippen molar-refractivity contribution in [3.8, 4) is 5.75 Å². The highest BCUT2D eigenvalue weighted by molar-refractivity contribution is 9.09. The minimum Gasteiger partial charge on any atom is -0.491 e. The molecular weight excluding hydrogens is 426 g/mol. The molecule has 5 nitrogen and oxygen atoms in total. The Labute approximate surface area is 171 Å². The average molecular weight is 458 g/mol. The number of pyridine rings is 1. The zero-order valence-electron chi connectivity index (χ0n) is 17.5. The molecule has 0 aromatic carbocycles. The molecule has 2 rings (SSSR count). The minimum absolute atomic E-state index is 0.00352. The second kappa shape index (κ2) is 8.21. The summed E-state index contributed by atoms with van der Waals surface area (Å²) in [5, 5.41) is 0.115. The van der Waals surface area contributed by atoms with Crippen molar-refractivity contribution >= 4 is 30.0 Å². The maximum Gasteiger partial charge on any atom is 0.224 e. The number of rotatable bonds is 7. The van der Waals surface area contributed by atoms with Crippen molar-refractivity contribution in [3.05, 3.63) is 27.7 Å². The van der Waals surface area contributed by atoms with Gasteiger partial charge in [-0.05, 0) is 31.0 Å². The van der Waals surface area contributed by atoms with Crippen molar-refractivity contribution in [3.63, 3.8) is 0 Å². The molecular formula is C20H32BrNO4Si. The van der Waals surface area contributed by atoms with Gasteiger partial charge in [0, 0.05) is 18.2 Å². The highest BCUT2D eigenvalue weighted by Crippen LogP contribution is 2.44. The summed E-state index contributed by atoms with van der Waals surface area (Å²) in [4.78, 5) is 25.4. The van der Waals surface area contributed by atoms with E-state index in [1.165, 1.54) is 7.11 Å². The summed E-state index contributed by atoms with van der Waals surface area (Å²) in [5.41, 5.74) is 0.996. The van der Waals surface area contributed by atoms with Gasteiger partial charge in [-0.1, -0.05) is 43.6 Å². The molecule has 0 saturated heterocycles. The lowest BCUT2D eigenvalue weighted by Crippen LogP contribution is -2.42. The highest BCUT2D eigenvalue weighted by atomic mass is 79.9. The Kier molecular flexibility index (Phi) is 6.80. The fourth-order valence-corrected chi connectivity index (χ4v) is 5.02. The highest BCUT2D eigenvalue weighted by Gasteiger charge is 2.40. The van der Waals surface area contributed by atoms with Gasteiger partial charge in [-0.2, -0.15) is 0 Å². The second-order valence-electron chi connectivity index (χ2n) is 8.79. The van der Waals surface area contributed by atoms with E-state index in [0.29, 0.717) is 18.7 Å². The molecule has 0 N–H and O–H groups in total. The Balaban J connectivity index is 2.49. The first kappa shape index (κ1) is 22.4.